The number of anilines is 2. The monoisotopic (exact) mass is 458 g/mol. The summed E-state index contributed by atoms with van der Waals surface area (Å²) in [6.45, 7) is 0.623. The molecule has 0 aliphatic carbocycles. The van der Waals surface area contributed by atoms with Gasteiger partial charge in [-0.1, -0.05) is 18.2 Å². The van der Waals surface area contributed by atoms with E-state index in [1.807, 2.05) is 0 Å². The maximum absolute atomic E-state index is 13.3. The molecular weight excluding hydrogens is 441 g/mol. The molecular formula is C19H18ClF3N4O2S. The van der Waals surface area contributed by atoms with Gasteiger partial charge in [0, 0.05) is 20.1 Å². The number of halogens is 4. The second kappa shape index (κ2) is 7.92. The summed E-state index contributed by atoms with van der Waals surface area (Å²) in [6.07, 6.45) is -4.17. The minimum Gasteiger partial charge on any atom is -0.356 e. The zero-order valence-electron chi connectivity index (χ0n) is 15.8. The number of hydrogen-bond donors (Lipinski definition) is 0. The maximum atomic E-state index is 13.3. The van der Waals surface area contributed by atoms with Gasteiger partial charge in [-0.2, -0.15) is 13.2 Å². The molecule has 0 saturated heterocycles. The van der Waals surface area contributed by atoms with Crippen molar-refractivity contribution in [2.24, 2.45) is 0 Å². The molecule has 30 heavy (non-hydrogen) atoms. The van der Waals surface area contributed by atoms with E-state index in [0.717, 1.165) is 22.5 Å². The number of nitrogens with zero attached hydrogens (tertiary/aromatic N) is 4. The van der Waals surface area contributed by atoms with Gasteiger partial charge in [0.15, 0.2) is 11.6 Å². The largest absolute Gasteiger partial charge is 0.416 e. The highest BCUT2D eigenvalue weighted by Crippen LogP contribution is 2.35. The predicted molar refractivity (Wildman–Crippen MR) is 111 cm³/mol. The highest BCUT2D eigenvalue weighted by atomic mass is 35.5. The van der Waals surface area contributed by atoms with E-state index in [1.54, 1.807) is 36.2 Å². The molecule has 160 valence electrons. The molecule has 0 bridgehead atoms. The van der Waals surface area contributed by atoms with E-state index < -0.39 is 26.7 Å². The maximum Gasteiger partial charge on any atom is 0.416 e. The summed E-state index contributed by atoms with van der Waals surface area (Å²) in [6, 6.07) is 10.8. The topological polar surface area (TPSA) is 66.4 Å². The molecule has 1 aromatic heterocycles. The van der Waals surface area contributed by atoms with Gasteiger partial charge in [0.25, 0.3) is 10.0 Å². The number of aromatic nitrogens is 2. The Hall–Kier alpha value is -2.59. The first-order valence-corrected chi connectivity index (χ1v) is 10.3. The van der Waals surface area contributed by atoms with E-state index >= 15 is 0 Å². The van der Waals surface area contributed by atoms with Crippen LogP contribution in [0.4, 0.5) is 24.8 Å². The third kappa shape index (κ3) is 3.89. The van der Waals surface area contributed by atoms with Gasteiger partial charge in [0.05, 0.1) is 21.5 Å². The highest BCUT2D eigenvalue weighted by Gasteiger charge is 2.35. The molecule has 0 N–H and O–H groups in total. The van der Waals surface area contributed by atoms with E-state index in [4.69, 9.17) is 0 Å². The number of hydrogen-bond acceptors (Lipinski definition) is 5. The lowest BCUT2D eigenvalue weighted by Crippen LogP contribution is -2.32. The van der Waals surface area contributed by atoms with Gasteiger partial charge in [-0.25, -0.2) is 22.7 Å². The zero-order chi connectivity index (χ0) is 20.8. The Labute approximate surface area is 177 Å². The summed E-state index contributed by atoms with van der Waals surface area (Å²) in [4.78, 5) is 10.4. The second-order valence-electron chi connectivity index (χ2n) is 6.74. The van der Waals surface area contributed by atoms with E-state index in [9.17, 15) is 21.6 Å². The van der Waals surface area contributed by atoms with Crippen LogP contribution in [-0.2, 0) is 16.2 Å². The summed E-state index contributed by atoms with van der Waals surface area (Å²) < 4.78 is 66.9. The molecule has 0 amide bonds. The fraction of sp³-hybridized carbons (Fsp3) is 0.263. The van der Waals surface area contributed by atoms with E-state index in [2.05, 4.69) is 9.97 Å². The quantitative estimate of drug-likeness (QED) is 0.578. The summed E-state index contributed by atoms with van der Waals surface area (Å²) in [5, 5.41) is 0. The van der Waals surface area contributed by atoms with Crippen LogP contribution in [0, 0.1) is 0 Å². The van der Waals surface area contributed by atoms with Crippen molar-refractivity contribution < 1.29 is 21.6 Å². The van der Waals surface area contributed by atoms with Gasteiger partial charge in [-0.05, 0) is 36.8 Å². The molecule has 0 saturated carbocycles. The van der Waals surface area contributed by atoms with Gasteiger partial charge in [0.2, 0.25) is 0 Å². The number of fused-ring (bicyclic) bond motifs is 2. The molecule has 0 radical (unpaired) electrons. The highest BCUT2D eigenvalue weighted by molar-refractivity contribution is 7.92. The van der Waals surface area contributed by atoms with Crippen molar-refractivity contribution in [1.82, 2.24) is 9.97 Å². The van der Waals surface area contributed by atoms with Crippen LogP contribution in [0.15, 0.2) is 53.4 Å². The Morgan fingerprint density at radius 2 is 1.57 bits per heavy atom. The molecule has 6 nitrogen and oxygen atoms in total. The number of rotatable bonds is 2. The summed E-state index contributed by atoms with van der Waals surface area (Å²) in [7, 11) is -2.49. The van der Waals surface area contributed by atoms with Crippen molar-refractivity contribution in [3.8, 4) is 0 Å². The molecule has 1 aliphatic heterocycles. The van der Waals surface area contributed by atoms with Crippen LogP contribution in [0.3, 0.4) is 0 Å². The van der Waals surface area contributed by atoms with Crippen molar-refractivity contribution in [3.63, 3.8) is 0 Å². The summed E-state index contributed by atoms with van der Waals surface area (Å²) in [5.74, 6) is 0.484. The Bertz CT molecular complexity index is 1190. The van der Waals surface area contributed by atoms with Gasteiger partial charge < -0.3 is 4.90 Å². The minimum absolute atomic E-state index is 0. The van der Waals surface area contributed by atoms with Gasteiger partial charge in [-0.15, -0.1) is 12.4 Å². The fourth-order valence-electron chi connectivity index (χ4n) is 3.26. The first-order valence-electron chi connectivity index (χ1n) is 8.86. The van der Waals surface area contributed by atoms with Crippen LogP contribution in [0.1, 0.15) is 12.0 Å². The number of para-hydroxylation sites is 2. The summed E-state index contributed by atoms with van der Waals surface area (Å²) >= 11 is 0. The minimum atomic E-state index is -4.64. The first-order chi connectivity index (χ1) is 13.7. The Morgan fingerprint density at radius 3 is 2.20 bits per heavy atom. The van der Waals surface area contributed by atoms with E-state index in [1.165, 1.54) is 0 Å². The molecule has 0 spiro atoms. The second-order valence-corrected chi connectivity index (χ2v) is 8.60. The molecule has 0 fully saturated rings. The molecule has 3 aromatic rings. The fourth-order valence-corrected chi connectivity index (χ4v) is 4.76. The Kier molecular flexibility index (Phi) is 5.83. The van der Waals surface area contributed by atoms with Crippen LogP contribution in [0.2, 0.25) is 0 Å². The Morgan fingerprint density at radius 1 is 0.933 bits per heavy atom. The average Bonchev–Trinajstić information content (AvgIpc) is 2.85. The van der Waals surface area contributed by atoms with Crippen LogP contribution >= 0.6 is 12.4 Å². The van der Waals surface area contributed by atoms with Crippen molar-refractivity contribution in [3.05, 3.63) is 54.1 Å². The van der Waals surface area contributed by atoms with Gasteiger partial charge in [0.1, 0.15) is 0 Å². The number of benzene rings is 2. The van der Waals surface area contributed by atoms with Crippen molar-refractivity contribution in [1.29, 1.82) is 0 Å². The van der Waals surface area contributed by atoms with Crippen molar-refractivity contribution in [2.45, 2.75) is 17.5 Å². The lowest BCUT2D eigenvalue weighted by atomic mass is 10.2. The lowest BCUT2D eigenvalue weighted by Gasteiger charge is -2.24. The van der Waals surface area contributed by atoms with Gasteiger partial charge in [-0.3, -0.25) is 0 Å². The molecule has 11 heteroatoms. The lowest BCUT2D eigenvalue weighted by molar-refractivity contribution is -0.137. The molecule has 4 rings (SSSR count). The predicted octanol–water partition coefficient (Wildman–Crippen LogP) is 4.11. The number of alkyl halides is 3. The molecule has 2 aromatic carbocycles. The number of sulfonamides is 1. The average molecular weight is 459 g/mol. The zero-order valence-corrected chi connectivity index (χ0v) is 17.4. The van der Waals surface area contributed by atoms with Crippen LogP contribution in [-0.4, -0.2) is 38.5 Å². The van der Waals surface area contributed by atoms with Crippen LogP contribution in [0.25, 0.3) is 11.0 Å². The standard InChI is InChI=1S/C19H17F3N4O2S.ClH/c1-25-10-5-11-26(18-17(25)23-15-8-2-3-9-16(15)24-18)29(27,28)14-7-4-6-13(12-14)19(20,21)22;/h2-4,6-9,12H,5,10-11H2,1H3;1H. The third-order valence-corrected chi connectivity index (χ3v) is 6.52. The molecule has 0 unspecified atom stereocenters. The van der Waals surface area contributed by atoms with Gasteiger partial charge >= 0.3 is 6.18 Å². The molecule has 1 aliphatic rings. The van der Waals surface area contributed by atoms with E-state index in [0.29, 0.717) is 35.9 Å². The molecule has 0 atom stereocenters. The summed E-state index contributed by atoms with van der Waals surface area (Å²) in [5.41, 5.74) is 0.0949. The van der Waals surface area contributed by atoms with Crippen LogP contribution < -0.4 is 9.21 Å². The smallest absolute Gasteiger partial charge is 0.356 e. The van der Waals surface area contributed by atoms with Crippen molar-refractivity contribution in [2.75, 3.05) is 29.3 Å². The van der Waals surface area contributed by atoms with Crippen LogP contribution in [0.5, 0.6) is 0 Å². The normalized spacial score (nSPS) is 14.8. The molecule has 2 heterocycles. The third-order valence-electron chi connectivity index (χ3n) is 4.74. The van der Waals surface area contributed by atoms with E-state index in [-0.39, 0.29) is 24.8 Å². The van der Waals surface area contributed by atoms with Crippen molar-refractivity contribution >= 4 is 45.1 Å². The Balaban J connectivity index is 0.00000256. The first kappa shape index (κ1) is 22.1. The SMILES string of the molecule is CN1CCCN(S(=O)(=O)c2cccc(C(F)(F)F)c2)c2nc3ccccc3nc21.Cl.